The highest BCUT2D eigenvalue weighted by Gasteiger charge is 2.00. The second-order valence-corrected chi connectivity index (χ2v) is 4.11. The van der Waals surface area contributed by atoms with E-state index in [1.807, 2.05) is 31.2 Å². The lowest BCUT2D eigenvalue weighted by molar-refractivity contribution is 0.243. The molecule has 0 aromatic heterocycles. The summed E-state index contributed by atoms with van der Waals surface area (Å²) in [5, 5.41) is 11.8. The van der Waals surface area contributed by atoms with Crippen molar-refractivity contribution in [2.75, 3.05) is 25.5 Å². The summed E-state index contributed by atoms with van der Waals surface area (Å²) in [6, 6.07) is 7.70. The lowest BCUT2D eigenvalue weighted by Crippen LogP contribution is -2.39. The molecule has 5 nitrogen and oxygen atoms in total. The average Bonchev–Trinajstić information content (AvgIpc) is 2.37. The topological polar surface area (TPSA) is 65.2 Å². The summed E-state index contributed by atoms with van der Waals surface area (Å²) in [5.41, 5.74) is 2.11. The first-order valence-electron chi connectivity index (χ1n) is 5.69. The zero-order chi connectivity index (χ0) is 13.4. The van der Waals surface area contributed by atoms with Gasteiger partial charge in [-0.05, 0) is 30.8 Å². The van der Waals surface area contributed by atoms with E-state index in [4.69, 9.17) is 12.2 Å². The van der Waals surface area contributed by atoms with E-state index in [1.54, 1.807) is 7.05 Å². The molecule has 0 radical (unpaired) electrons. The fraction of sp³-hybridized carbons (Fsp3) is 0.333. The first-order chi connectivity index (χ1) is 8.63. The van der Waals surface area contributed by atoms with Gasteiger partial charge in [0.1, 0.15) is 0 Å². The van der Waals surface area contributed by atoms with Crippen molar-refractivity contribution in [2.45, 2.75) is 6.92 Å². The van der Waals surface area contributed by atoms with Gasteiger partial charge >= 0.3 is 6.03 Å². The van der Waals surface area contributed by atoms with Crippen LogP contribution >= 0.6 is 12.2 Å². The maximum absolute atomic E-state index is 10.9. The van der Waals surface area contributed by atoms with E-state index >= 15 is 0 Å². The number of carbonyl (C=O) groups is 1. The summed E-state index contributed by atoms with van der Waals surface area (Å²) in [4.78, 5) is 10.9. The molecule has 2 amide bonds. The summed E-state index contributed by atoms with van der Waals surface area (Å²) >= 11 is 5.15. The van der Waals surface area contributed by atoms with Gasteiger partial charge in [0, 0.05) is 25.8 Å². The predicted octanol–water partition coefficient (Wildman–Crippen LogP) is 1.21. The molecule has 0 fully saturated rings. The maximum Gasteiger partial charge on any atom is 0.314 e. The summed E-state index contributed by atoms with van der Waals surface area (Å²) < 4.78 is 0. The Bertz CT molecular complexity index is 422. The molecule has 18 heavy (non-hydrogen) atoms. The van der Waals surface area contributed by atoms with Crippen LogP contribution in [0.25, 0.3) is 0 Å². The van der Waals surface area contributed by atoms with Crippen LogP contribution in [0, 0.1) is 6.92 Å². The number of rotatable bonds is 4. The molecule has 0 spiro atoms. The number of hydrogen-bond donors (Lipinski definition) is 4. The van der Waals surface area contributed by atoms with E-state index in [0.717, 1.165) is 11.3 Å². The van der Waals surface area contributed by atoms with Gasteiger partial charge in [0.2, 0.25) is 0 Å². The number of amides is 2. The molecule has 98 valence electrons. The van der Waals surface area contributed by atoms with Crippen LogP contribution in [-0.2, 0) is 0 Å². The number of carbonyl (C=O) groups excluding carboxylic acids is 1. The molecule has 0 atom stereocenters. The molecule has 0 aliphatic heterocycles. The van der Waals surface area contributed by atoms with Crippen LogP contribution in [0.3, 0.4) is 0 Å². The molecule has 0 saturated carbocycles. The summed E-state index contributed by atoms with van der Waals surface area (Å²) in [7, 11) is 1.58. The van der Waals surface area contributed by atoms with Crippen molar-refractivity contribution in [3.8, 4) is 0 Å². The van der Waals surface area contributed by atoms with E-state index in [-0.39, 0.29) is 6.03 Å². The molecule has 1 aromatic rings. The van der Waals surface area contributed by atoms with Crippen molar-refractivity contribution in [3.63, 3.8) is 0 Å². The van der Waals surface area contributed by atoms with Gasteiger partial charge in [-0.1, -0.05) is 18.2 Å². The third-order valence-electron chi connectivity index (χ3n) is 2.32. The van der Waals surface area contributed by atoms with E-state index in [1.165, 1.54) is 0 Å². The van der Waals surface area contributed by atoms with Crippen molar-refractivity contribution in [1.29, 1.82) is 0 Å². The number of para-hydroxylation sites is 1. The molecule has 0 saturated heterocycles. The third-order valence-corrected chi connectivity index (χ3v) is 2.56. The minimum Gasteiger partial charge on any atom is -0.361 e. The zero-order valence-corrected chi connectivity index (χ0v) is 11.4. The van der Waals surface area contributed by atoms with Gasteiger partial charge in [0.05, 0.1) is 0 Å². The van der Waals surface area contributed by atoms with E-state index in [0.29, 0.717) is 18.2 Å². The van der Waals surface area contributed by atoms with E-state index in [9.17, 15) is 4.79 Å². The minimum absolute atomic E-state index is 0.199. The van der Waals surface area contributed by atoms with E-state index < -0.39 is 0 Å². The Morgan fingerprint density at radius 2 is 1.89 bits per heavy atom. The molecule has 1 rings (SSSR count). The number of benzene rings is 1. The van der Waals surface area contributed by atoms with Crippen molar-refractivity contribution in [3.05, 3.63) is 29.8 Å². The number of hydrogen-bond acceptors (Lipinski definition) is 2. The van der Waals surface area contributed by atoms with Gasteiger partial charge in [-0.25, -0.2) is 4.79 Å². The second-order valence-electron chi connectivity index (χ2n) is 3.70. The Hall–Kier alpha value is -1.82. The predicted molar refractivity (Wildman–Crippen MR) is 77.9 cm³/mol. The van der Waals surface area contributed by atoms with Gasteiger partial charge in [-0.3, -0.25) is 0 Å². The highest BCUT2D eigenvalue weighted by atomic mass is 32.1. The molecule has 6 heteroatoms. The quantitative estimate of drug-likeness (QED) is 0.488. The molecule has 0 heterocycles. The second kappa shape index (κ2) is 7.50. The Morgan fingerprint density at radius 1 is 1.22 bits per heavy atom. The molecule has 0 aliphatic rings. The number of urea groups is 1. The molecule has 0 unspecified atom stereocenters. The van der Waals surface area contributed by atoms with Crippen LogP contribution in [0.5, 0.6) is 0 Å². The standard InChI is InChI=1S/C12H18N4OS/c1-9-5-3-4-6-10(9)16-12(18)15-8-7-14-11(17)13-2/h3-6H,7-8H2,1-2H3,(H2,13,14,17)(H2,15,16,18). The fourth-order valence-corrected chi connectivity index (χ4v) is 1.53. The number of thiocarbonyl (C=S) groups is 1. The van der Waals surface area contributed by atoms with Crippen molar-refractivity contribution < 1.29 is 4.79 Å². The number of nitrogens with one attached hydrogen (secondary N) is 4. The largest absolute Gasteiger partial charge is 0.361 e. The van der Waals surface area contributed by atoms with Crippen LogP contribution in [0.15, 0.2) is 24.3 Å². The highest BCUT2D eigenvalue weighted by Crippen LogP contribution is 2.12. The Kier molecular flexibility index (Phi) is 5.93. The summed E-state index contributed by atoms with van der Waals surface area (Å²) in [5.74, 6) is 0. The average molecular weight is 266 g/mol. The van der Waals surface area contributed by atoms with E-state index in [2.05, 4.69) is 21.3 Å². The zero-order valence-electron chi connectivity index (χ0n) is 10.5. The molecule has 0 aliphatic carbocycles. The molecular weight excluding hydrogens is 248 g/mol. The SMILES string of the molecule is CNC(=O)NCCNC(=S)Nc1ccccc1C. The smallest absolute Gasteiger partial charge is 0.314 e. The van der Waals surface area contributed by atoms with Crippen molar-refractivity contribution in [1.82, 2.24) is 16.0 Å². The number of aryl methyl sites for hydroxylation is 1. The lowest BCUT2D eigenvalue weighted by atomic mass is 10.2. The van der Waals surface area contributed by atoms with Crippen LogP contribution in [-0.4, -0.2) is 31.3 Å². The van der Waals surface area contributed by atoms with Crippen LogP contribution in [0.1, 0.15) is 5.56 Å². The van der Waals surface area contributed by atoms with Gasteiger partial charge in [0.15, 0.2) is 5.11 Å². The summed E-state index contributed by atoms with van der Waals surface area (Å²) in [6.07, 6.45) is 0. The monoisotopic (exact) mass is 266 g/mol. The van der Waals surface area contributed by atoms with Crippen molar-refractivity contribution >= 4 is 29.0 Å². The third kappa shape index (κ3) is 5.01. The lowest BCUT2D eigenvalue weighted by Gasteiger charge is -2.12. The first-order valence-corrected chi connectivity index (χ1v) is 6.10. The molecule has 0 bridgehead atoms. The molecular formula is C12H18N4OS. The Labute approximate surface area is 112 Å². The van der Waals surface area contributed by atoms with Crippen LogP contribution in [0.4, 0.5) is 10.5 Å². The normalized spacial score (nSPS) is 9.44. The first kappa shape index (κ1) is 14.2. The van der Waals surface area contributed by atoms with Gasteiger partial charge in [-0.15, -0.1) is 0 Å². The van der Waals surface area contributed by atoms with Crippen LogP contribution < -0.4 is 21.3 Å². The molecule has 4 N–H and O–H groups in total. The highest BCUT2D eigenvalue weighted by molar-refractivity contribution is 7.80. The Balaban J connectivity index is 2.26. The van der Waals surface area contributed by atoms with Gasteiger partial charge < -0.3 is 21.3 Å². The molecule has 1 aromatic carbocycles. The van der Waals surface area contributed by atoms with Gasteiger partial charge in [0.25, 0.3) is 0 Å². The van der Waals surface area contributed by atoms with Crippen LogP contribution in [0.2, 0.25) is 0 Å². The Morgan fingerprint density at radius 3 is 2.56 bits per heavy atom. The van der Waals surface area contributed by atoms with Crippen molar-refractivity contribution in [2.24, 2.45) is 0 Å². The fourth-order valence-electron chi connectivity index (χ4n) is 1.32. The minimum atomic E-state index is -0.199. The number of anilines is 1. The van der Waals surface area contributed by atoms with Gasteiger partial charge in [-0.2, -0.15) is 0 Å². The summed E-state index contributed by atoms with van der Waals surface area (Å²) in [6.45, 7) is 3.10. The maximum atomic E-state index is 10.9.